The van der Waals surface area contributed by atoms with Gasteiger partial charge in [-0.05, 0) is 51.5 Å². The van der Waals surface area contributed by atoms with Crippen molar-refractivity contribution < 1.29 is 0 Å². The number of thiophene rings is 1. The number of hydrazine groups is 1. The second kappa shape index (κ2) is 5.61. The van der Waals surface area contributed by atoms with Gasteiger partial charge in [-0.1, -0.05) is 18.2 Å². The van der Waals surface area contributed by atoms with Crippen LogP contribution >= 0.6 is 27.3 Å². The van der Waals surface area contributed by atoms with Crippen LogP contribution in [0.15, 0.2) is 46.5 Å². The summed E-state index contributed by atoms with van der Waals surface area (Å²) in [6.45, 7) is 2.09. The van der Waals surface area contributed by atoms with Crippen LogP contribution < -0.4 is 11.3 Å². The number of aryl methyl sites for hydroxylation is 1. The van der Waals surface area contributed by atoms with Crippen molar-refractivity contribution in [2.75, 3.05) is 0 Å². The van der Waals surface area contributed by atoms with E-state index in [2.05, 4.69) is 57.5 Å². The number of hydrogen-bond donors (Lipinski definition) is 2. The van der Waals surface area contributed by atoms with Gasteiger partial charge >= 0.3 is 0 Å². The quantitative estimate of drug-likeness (QED) is 0.557. The zero-order valence-corrected chi connectivity index (χ0v) is 13.3. The average Bonchev–Trinajstić information content (AvgIpc) is 2.79. The van der Waals surface area contributed by atoms with Crippen LogP contribution in [-0.2, 0) is 0 Å². The van der Waals surface area contributed by atoms with Crippen LogP contribution in [0.4, 0.5) is 0 Å². The standard InChI is InChI=1S/C15H14BrN3S/c1-9-7-13(20-15(9)16)14(19-17)11-4-2-3-10-5-6-18-8-12(10)11/h2-8,14,19H,17H2,1H3. The van der Waals surface area contributed by atoms with Crippen LogP contribution in [0.25, 0.3) is 10.8 Å². The van der Waals surface area contributed by atoms with E-state index in [0.29, 0.717) is 0 Å². The Labute approximate surface area is 129 Å². The minimum atomic E-state index is -0.0297. The fourth-order valence-electron chi connectivity index (χ4n) is 2.34. The molecule has 3 N–H and O–H groups in total. The van der Waals surface area contributed by atoms with Crippen molar-refractivity contribution in [3.05, 3.63) is 62.5 Å². The number of hydrogen-bond acceptors (Lipinski definition) is 4. The van der Waals surface area contributed by atoms with E-state index in [4.69, 9.17) is 5.84 Å². The first-order valence-corrected chi connectivity index (χ1v) is 7.86. The SMILES string of the molecule is Cc1cc(C(NN)c2cccc3ccncc23)sc1Br. The second-order valence-electron chi connectivity index (χ2n) is 4.65. The Morgan fingerprint density at radius 1 is 1.35 bits per heavy atom. The van der Waals surface area contributed by atoms with Crippen LogP contribution in [0.3, 0.4) is 0 Å². The van der Waals surface area contributed by atoms with Crippen molar-refractivity contribution in [3.63, 3.8) is 0 Å². The molecule has 2 heterocycles. The summed E-state index contributed by atoms with van der Waals surface area (Å²) in [5.41, 5.74) is 5.30. The van der Waals surface area contributed by atoms with E-state index in [0.717, 1.165) is 14.7 Å². The number of benzene rings is 1. The van der Waals surface area contributed by atoms with E-state index < -0.39 is 0 Å². The highest BCUT2D eigenvalue weighted by Gasteiger charge is 2.18. The third kappa shape index (κ3) is 2.38. The number of nitrogens with two attached hydrogens (primary N) is 1. The summed E-state index contributed by atoms with van der Waals surface area (Å²) in [5.74, 6) is 5.81. The second-order valence-corrected chi connectivity index (χ2v) is 7.05. The molecule has 0 fully saturated rings. The highest BCUT2D eigenvalue weighted by atomic mass is 79.9. The van der Waals surface area contributed by atoms with Gasteiger partial charge in [0.25, 0.3) is 0 Å². The van der Waals surface area contributed by atoms with Crippen molar-refractivity contribution in [1.82, 2.24) is 10.4 Å². The fraction of sp³-hybridized carbons (Fsp3) is 0.133. The lowest BCUT2D eigenvalue weighted by molar-refractivity contribution is 0.650. The normalized spacial score (nSPS) is 12.8. The molecule has 0 amide bonds. The molecule has 0 aliphatic rings. The maximum absolute atomic E-state index is 5.81. The molecule has 0 aliphatic carbocycles. The Bertz CT molecular complexity index is 729. The summed E-state index contributed by atoms with van der Waals surface area (Å²) < 4.78 is 1.14. The highest BCUT2D eigenvalue weighted by Crippen LogP contribution is 2.36. The molecule has 3 aromatic rings. The molecule has 0 saturated carbocycles. The maximum atomic E-state index is 5.81. The Hall–Kier alpha value is -1.27. The molecule has 2 aromatic heterocycles. The molecule has 3 rings (SSSR count). The molecule has 0 saturated heterocycles. The summed E-state index contributed by atoms with van der Waals surface area (Å²) >= 11 is 5.28. The summed E-state index contributed by atoms with van der Waals surface area (Å²) in [5, 5.41) is 2.30. The lowest BCUT2D eigenvalue weighted by Gasteiger charge is -2.16. The van der Waals surface area contributed by atoms with E-state index in [1.165, 1.54) is 15.8 Å². The molecule has 102 valence electrons. The molecule has 1 atom stereocenters. The number of nitrogens with zero attached hydrogens (tertiary/aromatic N) is 1. The number of pyridine rings is 1. The number of halogens is 1. The molecule has 1 unspecified atom stereocenters. The molecule has 1 aromatic carbocycles. The molecule has 5 heteroatoms. The third-order valence-electron chi connectivity index (χ3n) is 3.36. The van der Waals surface area contributed by atoms with Gasteiger partial charge in [-0.15, -0.1) is 11.3 Å². The first-order chi connectivity index (χ1) is 9.70. The summed E-state index contributed by atoms with van der Waals surface area (Å²) in [7, 11) is 0. The number of fused-ring (bicyclic) bond motifs is 1. The van der Waals surface area contributed by atoms with Crippen LogP contribution in [0.5, 0.6) is 0 Å². The van der Waals surface area contributed by atoms with Gasteiger partial charge in [-0.2, -0.15) is 0 Å². The van der Waals surface area contributed by atoms with E-state index >= 15 is 0 Å². The number of rotatable bonds is 3. The Kier molecular flexibility index (Phi) is 3.85. The smallest absolute Gasteiger partial charge is 0.0809 e. The monoisotopic (exact) mass is 347 g/mol. The van der Waals surface area contributed by atoms with Gasteiger partial charge in [-0.3, -0.25) is 10.8 Å². The van der Waals surface area contributed by atoms with Gasteiger partial charge in [0.05, 0.1) is 9.83 Å². The van der Waals surface area contributed by atoms with Gasteiger partial charge in [0.2, 0.25) is 0 Å². The Morgan fingerprint density at radius 3 is 2.90 bits per heavy atom. The van der Waals surface area contributed by atoms with Gasteiger partial charge in [-0.25, -0.2) is 5.43 Å². The first kappa shape index (κ1) is 13.7. The molecule has 3 nitrogen and oxygen atoms in total. The molecule has 0 radical (unpaired) electrons. The molecule has 20 heavy (non-hydrogen) atoms. The first-order valence-electron chi connectivity index (χ1n) is 6.25. The molecular weight excluding hydrogens is 334 g/mol. The maximum Gasteiger partial charge on any atom is 0.0809 e. The predicted molar refractivity (Wildman–Crippen MR) is 87.7 cm³/mol. The van der Waals surface area contributed by atoms with E-state index in [1.807, 2.05) is 18.5 Å². The summed E-state index contributed by atoms with van der Waals surface area (Å²) in [6.07, 6.45) is 3.70. The summed E-state index contributed by atoms with van der Waals surface area (Å²) in [4.78, 5) is 5.42. The summed E-state index contributed by atoms with van der Waals surface area (Å²) in [6, 6.07) is 10.4. The van der Waals surface area contributed by atoms with Crippen molar-refractivity contribution >= 4 is 38.0 Å². The third-order valence-corrected chi connectivity index (χ3v) is 5.56. The highest BCUT2D eigenvalue weighted by molar-refractivity contribution is 9.11. The zero-order chi connectivity index (χ0) is 14.1. The lowest BCUT2D eigenvalue weighted by atomic mass is 9.99. The van der Waals surface area contributed by atoms with Gasteiger partial charge in [0, 0.05) is 22.7 Å². The van der Waals surface area contributed by atoms with E-state index in [9.17, 15) is 0 Å². The van der Waals surface area contributed by atoms with E-state index in [1.54, 1.807) is 11.3 Å². The lowest BCUT2D eigenvalue weighted by Crippen LogP contribution is -2.28. The predicted octanol–water partition coefficient (Wildman–Crippen LogP) is 3.92. The average molecular weight is 348 g/mol. The van der Waals surface area contributed by atoms with Crippen molar-refractivity contribution in [2.45, 2.75) is 13.0 Å². The van der Waals surface area contributed by atoms with Gasteiger partial charge in [0.1, 0.15) is 0 Å². The Balaban J connectivity index is 2.16. The van der Waals surface area contributed by atoms with Crippen molar-refractivity contribution in [3.8, 4) is 0 Å². The van der Waals surface area contributed by atoms with Crippen LogP contribution in [-0.4, -0.2) is 4.98 Å². The van der Waals surface area contributed by atoms with Crippen molar-refractivity contribution in [2.24, 2.45) is 5.84 Å². The zero-order valence-electron chi connectivity index (χ0n) is 10.9. The minimum absolute atomic E-state index is 0.0297. The van der Waals surface area contributed by atoms with E-state index in [-0.39, 0.29) is 6.04 Å². The minimum Gasteiger partial charge on any atom is -0.271 e. The topological polar surface area (TPSA) is 50.9 Å². The van der Waals surface area contributed by atoms with Crippen LogP contribution in [0.1, 0.15) is 22.0 Å². The fourth-order valence-corrected chi connectivity index (χ4v) is 3.99. The van der Waals surface area contributed by atoms with Crippen LogP contribution in [0.2, 0.25) is 0 Å². The van der Waals surface area contributed by atoms with Crippen LogP contribution in [0, 0.1) is 6.92 Å². The van der Waals surface area contributed by atoms with Gasteiger partial charge in [0.15, 0.2) is 0 Å². The Morgan fingerprint density at radius 2 is 2.20 bits per heavy atom. The van der Waals surface area contributed by atoms with Gasteiger partial charge < -0.3 is 0 Å². The molecule has 0 aliphatic heterocycles. The van der Waals surface area contributed by atoms with Crippen molar-refractivity contribution in [1.29, 1.82) is 0 Å². The molecular formula is C15H14BrN3S. The molecule has 0 bridgehead atoms. The largest absolute Gasteiger partial charge is 0.271 e. The molecule has 0 spiro atoms. The number of nitrogens with one attached hydrogen (secondary N) is 1. The number of aromatic nitrogens is 1.